The van der Waals surface area contributed by atoms with E-state index in [9.17, 15) is 5.11 Å². The van der Waals surface area contributed by atoms with Gasteiger partial charge in [-0.2, -0.15) is 0 Å². The maximum Gasteiger partial charge on any atom is 0.126 e. The zero-order chi connectivity index (χ0) is 11.2. The summed E-state index contributed by atoms with van der Waals surface area (Å²) in [5.41, 5.74) is 7.31. The van der Waals surface area contributed by atoms with Gasteiger partial charge in [0, 0.05) is 5.56 Å². The molecule has 0 bridgehead atoms. The highest BCUT2D eigenvalue weighted by Gasteiger charge is 2.40. The maximum atomic E-state index is 10.1. The Bertz CT molecular complexity index is 393. The molecule has 1 aliphatic heterocycles. The topological polar surface area (TPSA) is 55.5 Å². The number of halogens is 1. The summed E-state index contributed by atoms with van der Waals surface area (Å²) in [5, 5.41) is 10.1. The van der Waals surface area contributed by atoms with Gasteiger partial charge >= 0.3 is 0 Å². The van der Waals surface area contributed by atoms with Crippen LogP contribution >= 0.6 is 12.4 Å². The molecule has 2 rings (SSSR count). The van der Waals surface area contributed by atoms with Gasteiger partial charge in [-0.1, -0.05) is 11.6 Å². The number of aliphatic hydroxyl groups is 1. The standard InChI is InChI=1S/C12H17NO2.ClH/c1-7-4-5-9-8(6-7)10(14)11(13)12(2,3)15-9;/h4-6,10-11,14H,13H2,1-3H3;1H. The summed E-state index contributed by atoms with van der Waals surface area (Å²) in [6.07, 6.45) is -0.649. The molecule has 90 valence electrons. The van der Waals surface area contributed by atoms with Crippen molar-refractivity contribution in [2.75, 3.05) is 0 Å². The van der Waals surface area contributed by atoms with Gasteiger partial charge in [0.2, 0.25) is 0 Å². The lowest BCUT2D eigenvalue weighted by molar-refractivity contribution is -0.0117. The molecule has 1 heterocycles. The fourth-order valence-corrected chi connectivity index (χ4v) is 1.92. The van der Waals surface area contributed by atoms with Crippen LogP contribution in [-0.4, -0.2) is 16.7 Å². The van der Waals surface area contributed by atoms with E-state index in [4.69, 9.17) is 10.5 Å². The second kappa shape index (κ2) is 4.24. The molecule has 1 aromatic rings. The molecule has 0 spiro atoms. The molecule has 0 aliphatic carbocycles. The molecule has 0 saturated carbocycles. The Morgan fingerprint density at radius 1 is 1.38 bits per heavy atom. The Hall–Kier alpha value is -0.770. The Balaban J connectivity index is 0.00000128. The molecule has 3 nitrogen and oxygen atoms in total. The van der Waals surface area contributed by atoms with E-state index in [2.05, 4.69) is 0 Å². The Morgan fingerprint density at radius 3 is 2.62 bits per heavy atom. The zero-order valence-corrected chi connectivity index (χ0v) is 10.5. The van der Waals surface area contributed by atoms with Gasteiger partial charge in [0.25, 0.3) is 0 Å². The summed E-state index contributed by atoms with van der Waals surface area (Å²) in [7, 11) is 0. The fourth-order valence-electron chi connectivity index (χ4n) is 1.92. The summed E-state index contributed by atoms with van der Waals surface area (Å²) in [6.45, 7) is 5.77. The van der Waals surface area contributed by atoms with Crippen molar-refractivity contribution >= 4 is 12.4 Å². The number of nitrogens with two attached hydrogens (primary N) is 1. The second-order valence-electron chi connectivity index (χ2n) is 4.72. The average molecular weight is 244 g/mol. The number of fused-ring (bicyclic) bond motifs is 1. The SMILES string of the molecule is Cc1ccc2c(c1)C(O)C(N)C(C)(C)O2.Cl. The largest absolute Gasteiger partial charge is 0.486 e. The van der Waals surface area contributed by atoms with Crippen molar-refractivity contribution in [1.29, 1.82) is 0 Å². The molecule has 3 N–H and O–H groups in total. The van der Waals surface area contributed by atoms with E-state index >= 15 is 0 Å². The molecule has 0 saturated heterocycles. The van der Waals surface area contributed by atoms with Crippen molar-refractivity contribution < 1.29 is 9.84 Å². The third-order valence-electron chi connectivity index (χ3n) is 3.00. The normalized spacial score (nSPS) is 26.3. The molecule has 2 unspecified atom stereocenters. The third-order valence-corrected chi connectivity index (χ3v) is 3.00. The van der Waals surface area contributed by atoms with E-state index in [0.717, 1.165) is 16.9 Å². The van der Waals surface area contributed by atoms with E-state index < -0.39 is 17.7 Å². The first-order chi connectivity index (χ1) is 6.92. The van der Waals surface area contributed by atoms with Crippen molar-refractivity contribution in [3.05, 3.63) is 29.3 Å². The molecule has 0 fully saturated rings. The van der Waals surface area contributed by atoms with Gasteiger partial charge in [-0.05, 0) is 32.9 Å². The van der Waals surface area contributed by atoms with E-state index in [1.54, 1.807) is 0 Å². The molecule has 0 aromatic heterocycles. The first-order valence-electron chi connectivity index (χ1n) is 5.15. The van der Waals surface area contributed by atoms with Gasteiger partial charge in [0.15, 0.2) is 0 Å². The Labute approximate surface area is 102 Å². The van der Waals surface area contributed by atoms with E-state index in [1.165, 1.54) is 0 Å². The minimum absolute atomic E-state index is 0. The zero-order valence-electron chi connectivity index (χ0n) is 9.73. The van der Waals surface area contributed by atoms with Gasteiger partial charge in [0.05, 0.1) is 6.04 Å². The Morgan fingerprint density at radius 2 is 2.00 bits per heavy atom. The van der Waals surface area contributed by atoms with Crippen molar-refractivity contribution in [2.45, 2.75) is 38.5 Å². The highest BCUT2D eigenvalue weighted by atomic mass is 35.5. The minimum atomic E-state index is -0.649. The van der Waals surface area contributed by atoms with Gasteiger partial charge in [-0.15, -0.1) is 12.4 Å². The van der Waals surface area contributed by atoms with E-state index in [-0.39, 0.29) is 12.4 Å². The molecule has 0 radical (unpaired) electrons. The fraction of sp³-hybridized carbons (Fsp3) is 0.500. The summed E-state index contributed by atoms with van der Waals surface area (Å²) in [6, 6.07) is 5.39. The first-order valence-corrected chi connectivity index (χ1v) is 5.15. The predicted octanol–water partition coefficient (Wildman–Crippen LogP) is 1.95. The van der Waals surface area contributed by atoms with Crippen molar-refractivity contribution in [3.8, 4) is 5.75 Å². The number of rotatable bonds is 0. The molecule has 2 atom stereocenters. The maximum absolute atomic E-state index is 10.1. The van der Waals surface area contributed by atoms with E-state index in [1.807, 2.05) is 39.0 Å². The lowest BCUT2D eigenvalue weighted by Crippen LogP contribution is -2.53. The number of hydrogen-bond donors (Lipinski definition) is 2. The quantitative estimate of drug-likeness (QED) is 0.732. The molecule has 1 aromatic carbocycles. The molecular formula is C12H18ClNO2. The summed E-state index contributed by atoms with van der Waals surface area (Å²) in [5.74, 6) is 0.736. The predicted molar refractivity (Wildman–Crippen MR) is 66.1 cm³/mol. The lowest BCUT2D eigenvalue weighted by Gasteiger charge is -2.41. The van der Waals surface area contributed by atoms with Crippen LogP contribution in [0, 0.1) is 6.92 Å². The summed E-state index contributed by atoms with van der Waals surface area (Å²) >= 11 is 0. The van der Waals surface area contributed by atoms with Gasteiger partial charge in [0.1, 0.15) is 17.5 Å². The monoisotopic (exact) mass is 243 g/mol. The smallest absolute Gasteiger partial charge is 0.126 e. The van der Waals surface area contributed by atoms with Crippen molar-refractivity contribution in [3.63, 3.8) is 0 Å². The minimum Gasteiger partial charge on any atom is -0.486 e. The third kappa shape index (κ3) is 2.03. The van der Waals surface area contributed by atoms with Crippen LogP contribution in [-0.2, 0) is 0 Å². The Kier molecular flexibility index (Phi) is 3.53. The molecular weight excluding hydrogens is 226 g/mol. The molecule has 0 amide bonds. The van der Waals surface area contributed by atoms with Crippen molar-refractivity contribution in [1.82, 2.24) is 0 Å². The number of hydrogen-bond acceptors (Lipinski definition) is 3. The highest BCUT2D eigenvalue weighted by molar-refractivity contribution is 5.85. The molecule has 1 aliphatic rings. The van der Waals surface area contributed by atoms with Crippen LogP contribution < -0.4 is 10.5 Å². The average Bonchev–Trinajstić information content (AvgIpc) is 2.16. The highest BCUT2D eigenvalue weighted by Crippen LogP contribution is 2.38. The van der Waals surface area contributed by atoms with Crippen LogP contribution in [0.15, 0.2) is 18.2 Å². The molecule has 16 heavy (non-hydrogen) atoms. The van der Waals surface area contributed by atoms with Crippen LogP contribution in [0.25, 0.3) is 0 Å². The first kappa shape index (κ1) is 13.3. The van der Waals surface area contributed by atoms with Gasteiger partial charge in [-0.3, -0.25) is 0 Å². The second-order valence-corrected chi connectivity index (χ2v) is 4.72. The van der Waals surface area contributed by atoms with E-state index in [0.29, 0.717) is 0 Å². The lowest BCUT2D eigenvalue weighted by atomic mass is 9.86. The summed E-state index contributed by atoms with van der Waals surface area (Å²) < 4.78 is 5.77. The van der Waals surface area contributed by atoms with Crippen LogP contribution in [0.1, 0.15) is 31.1 Å². The van der Waals surface area contributed by atoms with Gasteiger partial charge in [-0.25, -0.2) is 0 Å². The summed E-state index contributed by atoms with van der Waals surface area (Å²) in [4.78, 5) is 0. The van der Waals surface area contributed by atoms with Crippen molar-refractivity contribution in [2.24, 2.45) is 5.73 Å². The van der Waals surface area contributed by atoms with Crippen LogP contribution in [0.4, 0.5) is 0 Å². The number of aryl methyl sites for hydroxylation is 1. The number of aliphatic hydroxyl groups excluding tert-OH is 1. The molecule has 4 heteroatoms. The van der Waals surface area contributed by atoms with Crippen LogP contribution in [0.5, 0.6) is 5.75 Å². The van der Waals surface area contributed by atoms with Gasteiger partial charge < -0.3 is 15.6 Å². The number of benzene rings is 1. The number of ether oxygens (including phenoxy) is 1. The van der Waals surface area contributed by atoms with Crippen LogP contribution in [0.3, 0.4) is 0 Å². The van der Waals surface area contributed by atoms with Crippen LogP contribution in [0.2, 0.25) is 0 Å².